The van der Waals surface area contributed by atoms with E-state index in [0.717, 1.165) is 43.5 Å². The molecule has 0 atom stereocenters. The van der Waals surface area contributed by atoms with Gasteiger partial charge in [0.1, 0.15) is 10.8 Å². The van der Waals surface area contributed by atoms with Crippen molar-refractivity contribution < 1.29 is 4.74 Å². The Hall–Kier alpha value is -1.89. The summed E-state index contributed by atoms with van der Waals surface area (Å²) < 4.78 is 5.50. The first-order valence-corrected chi connectivity index (χ1v) is 10.2. The van der Waals surface area contributed by atoms with E-state index in [1.165, 1.54) is 16.9 Å². The summed E-state index contributed by atoms with van der Waals surface area (Å²) in [6, 6.07) is 10.4. The third kappa shape index (κ3) is 3.71. The molecule has 0 amide bonds. The number of anilines is 1. The summed E-state index contributed by atoms with van der Waals surface area (Å²) in [7, 11) is 1.74. The van der Waals surface area contributed by atoms with E-state index in [-0.39, 0.29) is 0 Å². The van der Waals surface area contributed by atoms with Crippen molar-refractivity contribution in [2.24, 2.45) is 0 Å². The zero-order valence-electron chi connectivity index (χ0n) is 14.2. The minimum atomic E-state index is 0.931. The van der Waals surface area contributed by atoms with Gasteiger partial charge in [-0.25, -0.2) is 4.98 Å². The van der Waals surface area contributed by atoms with E-state index < -0.39 is 0 Å². The van der Waals surface area contributed by atoms with E-state index in [1.54, 1.807) is 29.8 Å². The number of para-hydroxylation sites is 2. The van der Waals surface area contributed by atoms with E-state index in [1.807, 2.05) is 12.1 Å². The van der Waals surface area contributed by atoms with Crippen molar-refractivity contribution in [2.75, 3.05) is 38.2 Å². The van der Waals surface area contributed by atoms with Gasteiger partial charge in [-0.05, 0) is 23.6 Å². The van der Waals surface area contributed by atoms with Gasteiger partial charge in [-0.2, -0.15) is 11.3 Å². The average Bonchev–Trinajstić information content (AvgIpc) is 3.34. The van der Waals surface area contributed by atoms with E-state index in [0.29, 0.717) is 0 Å². The molecule has 25 heavy (non-hydrogen) atoms. The highest BCUT2D eigenvalue weighted by atomic mass is 32.1. The van der Waals surface area contributed by atoms with Crippen LogP contribution in [-0.4, -0.2) is 43.2 Å². The van der Waals surface area contributed by atoms with Crippen molar-refractivity contribution >= 4 is 28.4 Å². The van der Waals surface area contributed by atoms with Crippen LogP contribution < -0.4 is 9.64 Å². The van der Waals surface area contributed by atoms with Crippen LogP contribution in [-0.2, 0) is 6.54 Å². The second-order valence-corrected chi connectivity index (χ2v) is 7.73. The molecule has 1 aliphatic heterocycles. The summed E-state index contributed by atoms with van der Waals surface area (Å²) in [5, 5.41) is 7.59. The molecule has 4 nitrogen and oxygen atoms in total. The number of piperazine rings is 1. The highest BCUT2D eigenvalue weighted by Gasteiger charge is 2.20. The molecule has 3 heterocycles. The zero-order valence-corrected chi connectivity index (χ0v) is 15.9. The molecule has 0 unspecified atom stereocenters. The topological polar surface area (TPSA) is 28.6 Å². The van der Waals surface area contributed by atoms with Crippen LogP contribution >= 0.6 is 22.7 Å². The molecule has 3 aromatic rings. The minimum absolute atomic E-state index is 0.931. The van der Waals surface area contributed by atoms with E-state index in [9.17, 15) is 0 Å². The number of ether oxygens (including phenoxy) is 1. The van der Waals surface area contributed by atoms with Gasteiger partial charge in [0.05, 0.1) is 18.5 Å². The number of hydrogen-bond donors (Lipinski definition) is 0. The van der Waals surface area contributed by atoms with Crippen molar-refractivity contribution in [2.45, 2.75) is 6.54 Å². The van der Waals surface area contributed by atoms with Crippen molar-refractivity contribution in [3.05, 3.63) is 52.2 Å². The maximum absolute atomic E-state index is 5.50. The van der Waals surface area contributed by atoms with Gasteiger partial charge in [0, 0.05) is 49.0 Å². The Balaban J connectivity index is 1.36. The average molecular weight is 372 g/mol. The third-order valence-electron chi connectivity index (χ3n) is 4.50. The molecule has 0 bridgehead atoms. The summed E-state index contributed by atoms with van der Waals surface area (Å²) >= 11 is 3.46. The fraction of sp³-hybridized carbons (Fsp3) is 0.316. The molecule has 1 aromatic carbocycles. The Bertz CT molecular complexity index is 808. The van der Waals surface area contributed by atoms with Crippen molar-refractivity contribution in [1.29, 1.82) is 0 Å². The second-order valence-electron chi connectivity index (χ2n) is 6.09. The molecule has 130 valence electrons. The van der Waals surface area contributed by atoms with Crippen LogP contribution in [0.2, 0.25) is 0 Å². The van der Waals surface area contributed by atoms with Gasteiger partial charge in [-0.15, -0.1) is 11.3 Å². The summed E-state index contributed by atoms with van der Waals surface area (Å²) in [6.45, 7) is 5.05. The number of benzene rings is 1. The van der Waals surface area contributed by atoms with Crippen LogP contribution in [0.4, 0.5) is 5.69 Å². The Labute approximate surface area is 156 Å². The number of hydrogen-bond acceptors (Lipinski definition) is 6. The number of nitrogens with zero attached hydrogens (tertiary/aromatic N) is 3. The van der Waals surface area contributed by atoms with Gasteiger partial charge < -0.3 is 9.64 Å². The lowest BCUT2D eigenvalue weighted by Crippen LogP contribution is -2.46. The molecule has 0 saturated carbocycles. The first-order valence-electron chi connectivity index (χ1n) is 8.41. The number of methoxy groups -OCH3 is 1. The van der Waals surface area contributed by atoms with Crippen molar-refractivity contribution in [1.82, 2.24) is 9.88 Å². The molecule has 1 aliphatic rings. The van der Waals surface area contributed by atoms with Gasteiger partial charge in [-0.3, -0.25) is 4.90 Å². The lowest BCUT2D eigenvalue weighted by molar-refractivity contribution is 0.247. The van der Waals surface area contributed by atoms with Gasteiger partial charge in [0.2, 0.25) is 0 Å². The molecule has 0 spiro atoms. The number of rotatable bonds is 5. The predicted octanol–water partition coefficient (Wildman–Crippen LogP) is 4.20. The first kappa shape index (κ1) is 16.6. The lowest BCUT2D eigenvalue weighted by atomic mass is 10.2. The Kier molecular flexibility index (Phi) is 5.01. The quantitative estimate of drug-likeness (QED) is 0.672. The van der Waals surface area contributed by atoms with Crippen molar-refractivity contribution in [3.8, 4) is 16.3 Å². The second kappa shape index (κ2) is 7.56. The van der Waals surface area contributed by atoms with Gasteiger partial charge in [0.25, 0.3) is 0 Å². The van der Waals surface area contributed by atoms with Crippen LogP contribution in [0, 0.1) is 0 Å². The van der Waals surface area contributed by atoms with Crippen LogP contribution in [0.15, 0.2) is 46.5 Å². The number of thiazole rings is 1. The van der Waals surface area contributed by atoms with E-state index in [2.05, 4.69) is 44.1 Å². The van der Waals surface area contributed by atoms with Crippen LogP contribution in [0.25, 0.3) is 10.6 Å². The molecule has 0 aliphatic carbocycles. The van der Waals surface area contributed by atoms with Gasteiger partial charge >= 0.3 is 0 Å². The Morgan fingerprint density at radius 3 is 2.68 bits per heavy atom. The maximum atomic E-state index is 5.50. The third-order valence-corrected chi connectivity index (χ3v) is 6.13. The Morgan fingerprint density at radius 1 is 1.08 bits per heavy atom. The normalized spacial score (nSPS) is 15.5. The first-order chi connectivity index (χ1) is 12.3. The zero-order chi connectivity index (χ0) is 17.1. The highest BCUT2D eigenvalue weighted by molar-refractivity contribution is 7.14. The SMILES string of the molecule is COc1ccccc1N1CCN(Cc2csc(-c3ccsc3)n2)CC1. The predicted molar refractivity (Wildman–Crippen MR) is 106 cm³/mol. The summed E-state index contributed by atoms with van der Waals surface area (Å²) in [5.74, 6) is 0.954. The maximum Gasteiger partial charge on any atom is 0.142 e. The van der Waals surface area contributed by atoms with Crippen LogP contribution in [0.3, 0.4) is 0 Å². The summed E-state index contributed by atoms with van der Waals surface area (Å²) in [4.78, 5) is 9.70. The molecule has 2 aromatic heterocycles. The largest absolute Gasteiger partial charge is 0.495 e. The molecular formula is C19H21N3OS2. The standard InChI is InChI=1S/C19H21N3OS2/c1-23-18-5-3-2-4-17(18)22-9-7-21(8-10-22)12-16-14-25-19(20-16)15-6-11-24-13-15/h2-6,11,13-14H,7-10,12H2,1H3. The van der Waals surface area contributed by atoms with Crippen molar-refractivity contribution in [3.63, 3.8) is 0 Å². The fourth-order valence-corrected chi connectivity index (χ4v) is 4.69. The van der Waals surface area contributed by atoms with Crippen LogP contribution in [0.1, 0.15) is 5.69 Å². The van der Waals surface area contributed by atoms with Gasteiger partial charge in [-0.1, -0.05) is 12.1 Å². The molecule has 4 rings (SSSR count). The summed E-state index contributed by atoms with van der Waals surface area (Å²) in [5.41, 5.74) is 3.61. The number of aromatic nitrogens is 1. The van der Waals surface area contributed by atoms with E-state index in [4.69, 9.17) is 9.72 Å². The molecule has 0 N–H and O–H groups in total. The molecule has 1 saturated heterocycles. The van der Waals surface area contributed by atoms with Gasteiger partial charge in [0.15, 0.2) is 0 Å². The molecular weight excluding hydrogens is 350 g/mol. The fourth-order valence-electron chi connectivity index (χ4n) is 3.17. The monoisotopic (exact) mass is 371 g/mol. The lowest BCUT2D eigenvalue weighted by Gasteiger charge is -2.36. The molecule has 1 fully saturated rings. The Morgan fingerprint density at radius 2 is 1.92 bits per heavy atom. The highest BCUT2D eigenvalue weighted by Crippen LogP contribution is 2.29. The smallest absolute Gasteiger partial charge is 0.142 e. The molecule has 0 radical (unpaired) electrons. The molecule has 6 heteroatoms. The minimum Gasteiger partial charge on any atom is -0.495 e. The van der Waals surface area contributed by atoms with Crippen LogP contribution in [0.5, 0.6) is 5.75 Å². The van der Waals surface area contributed by atoms with E-state index >= 15 is 0 Å². The summed E-state index contributed by atoms with van der Waals surface area (Å²) in [6.07, 6.45) is 0. The number of thiophene rings is 1.